The van der Waals surface area contributed by atoms with E-state index in [0.717, 1.165) is 10.2 Å². The van der Waals surface area contributed by atoms with E-state index in [1.165, 1.54) is 0 Å². The Morgan fingerprint density at radius 1 is 1.27 bits per heavy atom. The maximum Gasteiger partial charge on any atom is 0.232 e. The fraction of sp³-hybridized carbons (Fsp3) is 0.417. The van der Waals surface area contributed by atoms with Gasteiger partial charge in [0.2, 0.25) is 5.91 Å². The number of hydrogen-bond donors (Lipinski definition) is 0. The Labute approximate surface area is 99.4 Å². The first-order valence-corrected chi connectivity index (χ1v) is 5.66. The smallest absolute Gasteiger partial charge is 0.232 e. The molecule has 2 nitrogen and oxygen atoms in total. The summed E-state index contributed by atoms with van der Waals surface area (Å²) in [7, 11) is 1.80. The van der Waals surface area contributed by atoms with E-state index < -0.39 is 0 Å². The molecule has 0 heterocycles. The van der Waals surface area contributed by atoms with Crippen molar-refractivity contribution in [1.82, 2.24) is 0 Å². The molecule has 0 saturated heterocycles. The zero-order valence-electron chi connectivity index (χ0n) is 9.54. The first-order valence-electron chi connectivity index (χ1n) is 4.86. The van der Waals surface area contributed by atoms with Crippen LogP contribution in [-0.2, 0) is 4.79 Å². The second-order valence-corrected chi connectivity index (χ2v) is 5.42. The van der Waals surface area contributed by atoms with E-state index in [0.29, 0.717) is 0 Å². The van der Waals surface area contributed by atoms with E-state index >= 15 is 0 Å². The molecule has 1 amide bonds. The molecule has 0 N–H and O–H groups in total. The SMILES string of the molecule is CN(C(=O)C(C)(C)C)c1ccccc1Br. The molecule has 0 aliphatic heterocycles. The number of benzene rings is 1. The van der Waals surface area contributed by atoms with Crippen molar-refractivity contribution in [3.63, 3.8) is 0 Å². The van der Waals surface area contributed by atoms with Gasteiger partial charge >= 0.3 is 0 Å². The second kappa shape index (κ2) is 4.35. The largest absolute Gasteiger partial charge is 0.314 e. The van der Waals surface area contributed by atoms with Gasteiger partial charge in [-0.2, -0.15) is 0 Å². The van der Waals surface area contributed by atoms with E-state index in [9.17, 15) is 4.79 Å². The van der Waals surface area contributed by atoms with Gasteiger partial charge in [0.25, 0.3) is 0 Å². The Morgan fingerprint density at radius 2 is 1.80 bits per heavy atom. The van der Waals surface area contributed by atoms with Gasteiger partial charge in [-0.05, 0) is 28.1 Å². The molecule has 0 unspecified atom stereocenters. The zero-order chi connectivity index (χ0) is 11.6. The first-order chi connectivity index (χ1) is 6.84. The summed E-state index contributed by atoms with van der Waals surface area (Å²) in [6.45, 7) is 5.76. The molecule has 82 valence electrons. The Hall–Kier alpha value is -0.830. The highest BCUT2D eigenvalue weighted by atomic mass is 79.9. The molecule has 1 aromatic rings. The number of anilines is 1. The van der Waals surface area contributed by atoms with E-state index in [-0.39, 0.29) is 11.3 Å². The van der Waals surface area contributed by atoms with E-state index in [1.807, 2.05) is 45.0 Å². The Morgan fingerprint density at radius 3 is 2.27 bits per heavy atom. The van der Waals surface area contributed by atoms with Crippen LogP contribution in [0.4, 0.5) is 5.69 Å². The van der Waals surface area contributed by atoms with Crippen LogP contribution in [-0.4, -0.2) is 13.0 Å². The summed E-state index contributed by atoms with van der Waals surface area (Å²) < 4.78 is 0.935. The molecule has 0 fully saturated rings. The van der Waals surface area contributed by atoms with Crippen LogP contribution in [0.5, 0.6) is 0 Å². The molecule has 15 heavy (non-hydrogen) atoms. The van der Waals surface area contributed by atoms with Crippen molar-refractivity contribution >= 4 is 27.5 Å². The molecule has 0 aliphatic rings. The Kier molecular flexibility index (Phi) is 3.55. The number of nitrogens with zero attached hydrogens (tertiary/aromatic N) is 1. The molecule has 0 saturated carbocycles. The summed E-state index contributed by atoms with van der Waals surface area (Å²) in [6.07, 6.45) is 0. The molecule has 1 rings (SSSR count). The minimum atomic E-state index is -0.357. The average Bonchev–Trinajstić information content (AvgIpc) is 2.15. The molecule has 0 aromatic heterocycles. The Balaban J connectivity index is 3.01. The molecule has 0 aliphatic carbocycles. The number of halogens is 1. The maximum atomic E-state index is 12.0. The molecular weight excluding hydrogens is 254 g/mol. The van der Waals surface area contributed by atoms with Gasteiger partial charge in [-0.1, -0.05) is 32.9 Å². The lowest BCUT2D eigenvalue weighted by Crippen LogP contribution is -2.36. The van der Waals surface area contributed by atoms with E-state index in [2.05, 4.69) is 15.9 Å². The summed E-state index contributed by atoms with van der Waals surface area (Å²) in [4.78, 5) is 13.7. The topological polar surface area (TPSA) is 20.3 Å². The van der Waals surface area contributed by atoms with Crippen molar-refractivity contribution in [3.8, 4) is 0 Å². The lowest BCUT2D eigenvalue weighted by molar-refractivity contribution is -0.125. The summed E-state index contributed by atoms with van der Waals surface area (Å²) >= 11 is 3.44. The van der Waals surface area contributed by atoms with Crippen LogP contribution in [0.15, 0.2) is 28.7 Å². The quantitative estimate of drug-likeness (QED) is 0.765. The highest BCUT2D eigenvalue weighted by Crippen LogP contribution is 2.28. The highest BCUT2D eigenvalue weighted by Gasteiger charge is 2.26. The van der Waals surface area contributed by atoms with E-state index in [4.69, 9.17) is 0 Å². The number of amides is 1. The van der Waals surface area contributed by atoms with Crippen LogP contribution < -0.4 is 4.90 Å². The third kappa shape index (κ3) is 2.81. The molecule has 1 aromatic carbocycles. The molecular formula is C12H16BrNO. The normalized spacial score (nSPS) is 11.3. The van der Waals surface area contributed by atoms with Gasteiger partial charge in [0.15, 0.2) is 0 Å². The van der Waals surface area contributed by atoms with Crippen LogP contribution in [0.25, 0.3) is 0 Å². The van der Waals surface area contributed by atoms with Crippen molar-refractivity contribution in [1.29, 1.82) is 0 Å². The van der Waals surface area contributed by atoms with Crippen LogP contribution in [0.3, 0.4) is 0 Å². The first kappa shape index (κ1) is 12.2. The van der Waals surface area contributed by atoms with Gasteiger partial charge in [-0.15, -0.1) is 0 Å². The molecule has 0 radical (unpaired) electrons. The lowest BCUT2D eigenvalue weighted by Gasteiger charge is -2.26. The van der Waals surface area contributed by atoms with Gasteiger partial charge in [0.05, 0.1) is 5.69 Å². The third-order valence-corrected chi connectivity index (χ3v) is 2.83. The minimum Gasteiger partial charge on any atom is -0.314 e. The van der Waals surface area contributed by atoms with E-state index in [1.54, 1.807) is 11.9 Å². The zero-order valence-corrected chi connectivity index (χ0v) is 11.1. The molecule has 3 heteroatoms. The van der Waals surface area contributed by atoms with Crippen molar-refractivity contribution in [2.24, 2.45) is 5.41 Å². The number of rotatable bonds is 1. The maximum absolute atomic E-state index is 12.0. The van der Waals surface area contributed by atoms with Gasteiger partial charge in [-0.25, -0.2) is 0 Å². The van der Waals surface area contributed by atoms with Crippen LogP contribution in [0, 0.1) is 5.41 Å². The van der Waals surface area contributed by atoms with Gasteiger partial charge < -0.3 is 4.90 Å². The summed E-state index contributed by atoms with van der Waals surface area (Å²) in [5.41, 5.74) is 0.543. The standard InChI is InChI=1S/C12H16BrNO/c1-12(2,3)11(15)14(4)10-8-6-5-7-9(10)13/h5-8H,1-4H3. The van der Waals surface area contributed by atoms with Crippen molar-refractivity contribution < 1.29 is 4.79 Å². The van der Waals surface area contributed by atoms with Gasteiger partial charge in [0.1, 0.15) is 0 Å². The fourth-order valence-corrected chi connectivity index (χ4v) is 1.89. The summed E-state index contributed by atoms with van der Waals surface area (Å²) in [5.74, 6) is 0.106. The molecule has 0 atom stereocenters. The molecule has 0 spiro atoms. The van der Waals surface area contributed by atoms with Crippen molar-refractivity contribution in [2.75, 3.05) is 11.9 Å². The van der Waals surface area contributed by atoms with Crippen LogP contribution >= 0.6 is 15.9 Å². The highest BCUT2D eigenvalue weighted by molar-refractivity contribution is 9.10. The number of hydrogen-bond acceptors (Lipinski definition) is 1. The lowest BCUT2D eigenvalue weighted by atomic mass is 9.95. The number of para-hydroxylation sites is 1. The predicted molar refractivity (Wildman–Crippen MR) is 67.0 cm³/mol. The number of carbonyl (C=O) groups excluding carboxylic acids is 1. The molecule has 0 bridgehead atoms. The number of carbonyl (C=O) groups is 1. The second-order valence-electron chi connectivity index (χ2n) is 4.57. The van der Waals surface area contributed by atoms with Crippen molar-refractivity contribution in [3.05, 3.63) is 28.7 Å². The summed E-state index contributed by atoms with van der Waals surface area (Å²) in [6, 6.07) is 7.71. The fourth-order valence-electron chi connectivity index (χ4n) is 1.34. The monoisotopic (exact) mass is 269 g/mol. The van der Waals surface area contributed by atoms with Crippen molar-refractivity contribution in [2.45, 2.75) is 20.8 Å². The summed E-state index contributed by atoms with van der Waals surface area (Å²) in [5, 5.41) is 0. The van der Waals surface area contributed by atoms with Gasteiger partial charge in [-0.3, -0.25) is 4.79 Å². The van der Waals surface area contributed by atoms with Gasteiger partial charge in [0, 0.05) is 16.9 Å². The Bertz CT molecular complexity index is 368. The van der Waals surface area contributed by atoms with Crippen LogP contribution in [0.2, 0.25) is 0 Å². The third-order valence-electron chi connectivity index (χ3n) is 2.16. The average molecular weight is 270 g/mol. The minimum absolute atomic E-state index is 0.106. The van der Waals surface area contributed by atoms with Crippen LogP contribution in [0.1, 0.15) is 20.8 Å². The predicted octanol–water partition coefficient (Wildman–Crippen LogP) is 3.46.